The molecule has 2 atom stereocenters. The van der Waals surface area contributed by atoms with Gasteiger partial charge in [0.2, 0.25) is 0 Å². The monoisotopic (exact) mass is 278 g/mol. The Labute approximate surface area is 126 Å². The molecule has 1 heteroatoms. The molecule has 1 fully saturated rings. The molecule has 2 aliphatic carbocycles. The van der Waals surface area contributed by atoms with E-state index in [0.717, 1.165) is 12.8 Å². The number of fused-ring (bicyclic) bond motifs is 1. The predicted octanol–water partition coefficient (Wildman–Crippen LogP) is 4.72. The average Bonchev–Trinajstić information content (AvgIpc) is 2.89. The van der Waals surface area contributed by atoms with Crippen molar-refractivity contribution in [1.82, 2.24) is 0 Å². The van der Waals surface area contributed by atoms with E-state index < -0.39 is 0 Å². The summed E-state index contributed by atoms with van der Waals surface area (Å²) >= 11 is 0. The lowest BCUT2D eigenvalue weighted by Gasteiger charge is -2.30. The fourth-order valence-corrected chi connectivity index (χ4v) is 4.01. The van der Waals surface area contributed by atoms with E-state index in [2.05, 4.69) is 48.5 Å². The first-order chi connectivity index (χ1) is 10.3. The van der Waals surface area contributed by atoms with Crippen LogP contribution in [-0.4, -0.2) is 5.11 Å². The van der Waals surface area contributed by atoms with Crippen LogP contribution in [0.4, 0.5) is 0 Å². The molecule has 4 rings (SSSR count). The minimum absolute atomic E-state index is 0.266. The van der Waals surface area contributed by atoms with Gasteiger partial charge in [-0.1, -0.05) is 55.0 Å². The van der Waals surface area contributed by atoms with Gasteiger partial charge in [0.15, 0.2) is 0 Å². The molecule has 2 unspecified atom stereocenters. The molecular weight excluding hydrogens is 256 g/mol. The van der Waals surface area contributed by atoms with Gasteiger partial charge in [0.1, 0.15) is 0 Å². The van der Waals surface area contributed by atoms with Crippen LogP contribution >= 0.6 is 0 Å². The summed E-state index contributed by atoms with van der Waals surface area (Å²) in [5, 5.41) is 11.0. The molecule has 2 aromatic rings. The van der Waals surface area contributed by atoms with Gasteiger partial charge in [0.05, 0.1) is 6.10 Å². The van der Waals surface area contributed by atoms with E-state index in [9.17, 15) is 5.11 Å². The lowest BCUT2D eigenvalue weighted by molar-refractivity contribution is 0.142. The molecule has 0 heterocycles. The van der Waals surface area contributed by atoms with Gasteiger partial charge < -0.3 is 5.11 Å². The minimum Gasteiger partial charge on any atom is -0.388 e. The van der Waals surface area contributed by atoms with E-state index in [1.54, 1.807) is 0 Å². The Balaban J connectivity index is 1.68. The highest BCUT2D eigenvalue weighted by molar-refractivity contribution is 5.40. The van der Waals surface area contributed by atoms with Crippen molar-refractivity contribution in [3.05, 3.63) is 70.8 Å². The standard InChI is InChI=1S/C20H22O/c21-20(19-13-12-15-6-1-2-9-17(15)19)18-11-4-3-10-16(18)14-7-5-8-14/h1-4,6,9-11,14,19-21H,5,7-8,12-13H2. The molecule has 108 valence electrons. The summed E-state index contributed by atoms with van der Waals surface area (Å²) in [6.45, 7) is 0. The molecule has 2 aromatic carbocycles. The highest BCUT2D eigenvalue weighted by Gasteiger charge is 2.32. The number of aryl methyl sites for hydroxylation is 1. The lowest BCUT2D eigenvalue weighted by Crippen LogP contribution is -2.16. The zero-order valence-corrected chi connectivity index (χ0v) is 12.3. The second-order valence-corrected chi connectivity index (χ2v) is 6.55. The van der Waals surface area contributed by atoms with Gasteiger partial charge >= 0.3 is 0 Å². The molecule has 1 N–H and O–H groups in total. The molecule has 1 saturated carbocycles. The van der Waals surface area contributed by atoms with Crippen LogP contribution in [0.3, 0.4) is 0 Å². The number of aliphatic hydroxyl groups excluding tert-OH is 1. The molecular formula is C20H22O. The summed E-state index contributed by atoms with van der Waals surface area (Å²) in [7, 11) is 0. The van der Waals surface area contributed by atoms with Crippen molar-refractivity contribution in [2.75, 3.05) is 0 Å². The van der Waals surface area contributed by atoms with Crippen LogP contribution in [0.1, 0.15) is 65.9 Å². The minimum atomic E-state index is -0.356. The van der Waals surface area contributed by atoms with E-state index in [-0.39, 0.29) is 12.0 Å². The summed E-state index contributed by atoms with van der Waals surface area (Å²) in [4.78, 5) is 0. The third-order valence-corrected chi connectivity index (χ3v) is 5.42. The summed E-state index contributed by atoms with van der Waals surface area (Å²) in [6.07, 6.45) is 5.71. The molecule has 21 heavy (non-hydrogen) atoms. The molecule has 0 aromatic heterocycles. The number of rotatable bonds is 3. The largest absolute Gasteiger partial charge is 0.388 e. The van der Waals surface area contributed by atoms with Crippen LogP contribution in [0.2, 0.25) is 0 Å². The summed E-state index contributed by atoms with van der Waals surface area (Å²) in [5.74, 6) is 0.940. The smallest absolute Gasteiger partial charge is 0.0861 e. The van der Waals surface area contributed by atoms with Crippen molar-refractivity contribution in [3.8, 4) is 0 Å². The van der Waals surface area contributed by atoms with Crippen LogP contribution < -0.4 is 0 Å². The topological polar surface area (TPSA) is 20.2 Å². The van der Waals surface area contributed by atoms with Crippen molar-refractivity contribution in [2.24, 2.45) is 0 Å². The highest BCUT2D eigenvalue weighted by atomic mass is 16.3. The first kappa shape index (κ1) is 13.1. The number of aliphatic hydroxyl groups is 1. The van der Waals surface area contributed by atoms with Crippen LogP contribution in [0.25, 0.3) is 0 Å². The van der Waals surface area contributed by atoms with Crippen molar-refractivity contribution in [2.45, 2.75) is 50.0 Å². The molecule has 0 amide bonds. The van der Waals surface area contributed by atoms with Gasteiger partial charge in [-0.25, -0.2) is 0 Å². The van der Waals surface area contributed by atoms with Gasteiger partial charge in [-0.3, -0.25) is 0 Å². The van der Waals surface area contributed by atoms with E-state index in [0.29, 0.717) is 5.92 Å². The van der Waals surface area contributed by atoms with Crippen LogP contribution in [-0.2, 0) is 6.42 Å². The van der Waals surface area contributed by atoms with Gasteiger partial charge in [-0.15, -0.1) is 0 Å². The molecule has 0 aliphatic heterocycles. The quantitative estimate of drug-likeness (QED) is 0.861. The Morgan fingerprint density at radius 3 is 2.33 bits per heavy atom. The zero-order valence-electron chi connectivity index (χ0n) is 12.3. The number of hydrogen-bond donors (Lipinski definition) is 1. The Hall–Kier alpha value is -1.60. The van der Waals surface area contributed by atoms with Crippen molar-refractivity contribution in [3.63, 3.8) is 0 Å². The normalized spacial score (nSPS) is 22.6. The third-order valence-electron chi connectivity index (χ3n) is 5.42. The Bertz CT molecular complexity index is 642. The van der Waals surface area contributed by atoms with Gasteiger partial charge in [-0.2, -0.15) is 0 Å². The van der Waals surface area contributed by atoms with Crippen LogP contribution in [0.15, 0.2) is 48.5 Å². The van der Waals surface area contributed by atoms with Crippen LogP contribution in [0, 0.1) is 0 Å². The fourth-order valence-electron chi connectivity index (χ4n) is 4.01. The van der Waals surface area contributed by atoms with Gasteiger partial charge in [-0.05, 0) is 53.9 Å². The maximum Gasteiger partial charge on any atom is 0.0861 e. The Kier molecular flexibility index (Phi) is 3.31. The average molecular weight is 278 g/mol. The molecule has 0 bridgehead atoms. The van der Waals surface area contributed by atoms with Crippen molar-refractivity contribution in [1.29, 1.82) is 0 Å². The van der Waals surface area contributed by atoms with Crippen molar-refractivity contribution < 1.29 is 5.11 Å². The third kappa shape index (κ3) is 2.20. The first-order valence-electron chi connectivity index (χ1n) is 8.19. The lowest BCUT2D eigenvalue weighted by atomic mass is 9.76. The molecule has 2 aliphatic rings. The summed E-state index contributed by atoms with van der Waals surface area (Å²) in [5.41, 5.74) is 5.33. The van der Waals surface area contributed by atoms with Crippen molar-refractivity contribution >= 4 is 0 Å². The van der Waals surface area contributed by atoms with E-state index in [1.807, 2.05) is 0 Å². The second kappa shape index (κ2) is 5.31. The maximum atomic E-state index is 11.0. The van der Waals surface area contributed by atoms with Gasteiger partial charge in [0, 0.05) is 5.92 Å². The highest BCUT2D eigenvalue weighted by Crippen LogP contribution is 2.45. The number of hydrogen-bond acceptors (Lipinski definition) is 1. The summed E-state index contributed by atoms with van der Waals surface area (Å²) < 4.78 is 0. The molecule has 0 spiro atoms. The van der Waals surface area contributed by atoms with E-state index in [1.165, 1.54) is 41.5 Å². The van der Waals surface area contributed by atoms with E-state index >= 15 is 0 Å². The molecule has 1 nitrogen and oxygen atoms in total. The Morgan fingerprint density at radius 1 is 0.857 bits per heavy atom. The fraction of sp³-hybridized carbons (Fsp3) is 0.400. The maximum absolute atomic E-state index is 11.0. The predicted molar refractivity (Wildman–Crippen MR) is 85.5 cm³/mol. The summed E-state index contributed by atoms with van der Waals surface area (Å²) in [6, 6.07) is 17.2. The van der Waals surface area contributed by atoms with Crippen LogP contribution in [0.5, 0.6) is 0 Å². The SMILES string of the molecule is OC(c1ccccc1C1CCC1)C1CCc2ccccc21. The Morgan fingerprint density at radius 2 is 1.57 bits per heavy atom. The van der Waals surface area contributed by atoms with E-state index in [4.69, 9.17) is 0 Å². The molecule has 0 saturated heterocycles. The zero-order chi connectivity index (χ0) is 14.2. The van der Waals surface area contributed by atoms with Gasteiger partial charge in [0.25, 0.3) is 0 Å². The molecule has 0 radical (unpaired) electrons. The number of benzene rings is 2. The first-order valence-corrected chi connectivity index (χ1v) is 8.19. The second-order valence-electron chi connectivity index (χ2n) is 6.55.